The highest BCUT2D eigenvalue weighted by molar-refractivity contribution is 7.71. The fourth-order valence-corrected chi connectivity index (χ4v) is 2.10. The fraction of sp³-hybridized carbons (Fsp3) is 0.667. The minimum absolute atomic E-state index is 0.0288. The van der Waals surface area contributed by atoms with E-state index in [9.17, 15) is 4.79 Å². The summed E-state index contributed by atoms with van der Waals surface area (Å²) in [5, 5.41) is 6.10. The molecule has 0 aliphatic carbocycles. The quantitative estimate of drug-likeness (QED) is 0.544. The number of hydrogen-bond acceptors (Lipinski definition) is 5. The molecule has 0 amide bonds. The van der Waals surface area contributed by atoms with Crippen LogP contribution in [0.2, 0.25) is 0 Å². The summed E-state index contributed by atoms with van der Waals surface area (Å²) in [6.07, 6.45) is 0. The maximum atomic E-state index is 11.5. The molecule has 0 unspecified atom stereocenters. The first-order chi connectivity index (χ1) is 8.09. The summed E-state index contributed by atoms with van der Waals surface area (Å²) < 4.78 is 5.84. The van der Waals surface area contributed by atoms with Crippen LogP contribution in [0.3, 0.4) is 0 Å². The summed E-state index contributed by atoms with van der Waals surface area (Å²) in [6.45, 7) is 6.84. The molecule has 0 saturated heterocycles. The van der Waals surface area contributed by atoms with Crippen molar-refractivity contribution in [3.8, 4) is 0 Å². The summed E-state index contributed by atoms with van der Waals surface area (Å²) in [4.78, 5) is 11.5. The Hall–Kier alpha value is -0.780. The van der Waals surface area contributed by atoms with Crippen molar-refractivity contribution in [3.63, 3.8) is 0 Å². The highest BCUT2D eigenvalue weighted by Crippen LogP contribution is 2.24. The molecule has 17 heavy (non-hydrogen) atoms. The second-order valence-electron chi connectivity index (χ2n) is 4.24. The molecule has 0 heterocycles. The van der Waals surface area contributed by atoms with E-state index in [-0.39, 0.29) is 5.43 Å². The number of ether oxygens (including phenoxy) is 1. The lowest BCUT2D eigenvalue weighted by molar-refractivity contribution is 0.147. The normalized spacial score (nSPS) is 11.3. The van der Waals surface area contributed by atoms with E-state index < -0.39 is 0 Å². The monoisotopic (exact) mass is 256 g/mol. The van der Waals surface area contributed by atoms with E-state index >= 15 is 0 Å². The lowest BCUT2D eigenvalue weighted by Crippen LogP contribution is -2.25. The summed E-state index contributed by atoms with van der Waals surface area (Å²) in [6, 6.07) is 0. The van der Waals surface area contributed by atoms with Gasteiger partial charge in [0.2, 0.25) is 5.43 Å². The van der Waals surface area contributed by atoms with Gasteiger partial charge >= 0.3 is 0 Å². The van der Waals surface area contributed by atoms with Crippen LogP contribution in [0.25, 0.3) is 0 Å². The summed E-state index contributed by atoms with van der Waals surface area (Å²) in [5.41, 5.74) is 1.64. The van der Waals surface area contributed by atoms with Gasteiger partial charge in [-0.3, -0.25) is 4.79 Å². The Bertz CT molecular complexity index is 422. The zero-order chi connectivity index (χ0) is 12.8. The molecule has 1 aromatic rings. The standard InChI is InChI=1S/C12H20N2O2S/c1-8(2)9-10(11(15)12(9)17)14-5-7-16-6-4-13-3/h8,13-14H,4-7H2,1-3H3. The lowest BCUT2D eigenvalue weighted by atomic mass is 9.97. The average molecular weight is 256 g/mol. The van der Waals surface area contributed by atoms with Crippen LogP contribution >= 0.6 is 12.2 Å². The molecule has 2 N–H and O–H groups in total. The SMILES string of the molecule is CNCCOCCNc1c(C(C)C)c(=S)c1=O. The first-order valence-electron chi connectivity index (χ1n) is 5.89. The third-order valence-electron chi connectivity index (χ3n) is 2.57. The summed E-state index contributed by atoms with van der Waals surface area (Å²) >= 11 is 5.03. The molecular weight excluding hydrogens is 236 g/mol. The van der Waals surface area contributed by atoms with Gasteiger partial charge in [0.05, 0.1) is 23.4 Å². The van der Waals surface area contributed by atoms with Crippen LogP contribution < -0.4 is 16.1 Å². The maximum Gasteiger partial charge on any atom is 0.220 e. The van der Waals surface area contributed by atoms with E-state index in [1.807, 2.05) is 20.9 Å². The van der Waals surface area contributed by atoms with Crippen LogP contribution in [0.5, 0.6) is 0 Å². The molecule has 0 spiro atoms. The highest BCUT2D eigenvalue weighted by atomic mass is 32.1. The molecule has 0 bridgehead atoms. The number of anilines is 1. The van der Waals surface area contributed by atoms with Gasteiger partial charge in [-0.1, -0.05) is 26.1 Å². The van der Waals surface area contributed by atoms with Crippen LogP contribution in [-0.4, -0.2) is 33.4 Å². The molecule has 0 aliphatic heterocycles. The number of nitrogens with one attached hydrogen (secondary N) is 2. The van der Waals surface area contributed by atoms with Crippen molar-refractivity contribution in [2.24, 2.45) is 0 Å². The average Bonchev–Trinajstić information content (AvgIpc) is 2.30. The van der Waals surface area contributed by atoms with Crippen LogP contribution in [0, 0.1) is 4.51 Å². The first-order valence-corrected chi connectivity index (χ1v) is 6.29. The predicted octanol–water partition coefficient (Wildman–Crippen LogP) is 1.42. The smallest absolute Gasteiger partial charge is 0.220 e. The van der Waals surface area contributed by atoms with E-state index in [0.29, 0.717) is 35.9 Å². The summed E-state index contributed by atoms with van der Waals surface area (Å²) in [5.74, 6) is 0.299. The van der Waals surface area contributed by atoms with Crippen molar-refractivity contribution in [1.29, 1.82) is 0 Å². The van der Waals surface area contributed by atoms with E-state index in [1.165, 1.54) is 0 Å². The molecule has 1 aromatic carbocycles. The Morgan fingerprint density at radius 2 is 1.94 bits per heavy atom. The van der Waals surface area contributed by atoms with Gasteiger partial charge in [0.25, 0.3) is 0 Å². The topological polar surface area (TPSA) is 50.4 Å². The molecule has 0 fully saturated rings. The molecule has 0 aliphatic rings. The lowest BCUT2D eigenvalue weighted by Gasteiger charge is -2.17. The molecule has 4 nitrogen and oxygen atoms in total. The third-order valence-corrected chi connectivity index (χ3v) is 2.97. The number of likely N-dealkylation sites (N-methyl/N-ethyl adjacent to an activating group) is 1. The predicted molar refractivity (Wildman–Crippen MR) is 73.2 cm³/mol. The van der Waals surface area contributed by atoms with E-state index in [2.05, 4.69) is 10.6 Å². The molecule has 0 radical (unpaired) electrons. The summed E-state index contributed by atoms with van der Waals surface area (Å²) in [7, 11) is 1.88. The van der Waals surface area contributed by atoms with Crippen molar-refractivity contribution in [2.45, 2.75) is 19.8 Å². The van der Waals surface area contributed by atoms with Crippen LogP contribution in [-0.2, 0) is 4.74 Å². The van der Waals surface area contributed by atoms with Crippen LogP contribution in [0.15, 0.2) is 4.79 Å². The molecule has 0 saturated carbocycles. The van der Waals surface area contributed by atoms with Crippen molar-refractivity contribution < 1.29 is 4.74 Å². The Labute approximate surface area is 107 Å². The fourth-order valence-electron chi connectivity index (χ4n) is 1.66. The van der Waals surface area contributed by atoms with Gasteiger partial charge in [-0.05, 0) is 13.0 Å². The largest absolute Gasteiger partial charge is 0.379 e. The van der Waals surface area contributed by atoms with Crippen molar-refractivity contribution in [2.75, 3.05) is 38.7 Å². The molecule has 0 atom stereocenters. The first kappa shape index (κ1) is 14.3. The van der Waals surface area contributed by atoms with Gasteiger partial charge in [0.15, 0.2) is 0 Å². The Kier molecular flexibility index (Phi) is 5.74. The molecule has 96 valence electrons. The van der Waals surface area contributed by atoms with Gasteiger partial charge in [-0.15, -0.1) is 0 Å². The maximum absolute atomic E-state index is 11.5. The zero-order valence-electron chi connectivity index (χ0n) is 10.6. The number of hydrogen-bond donors (Lipinski definition) is 2. The molecule has 5 heteroatoms. The minimum atomic E-state index is -0.0288. The molecular formula is C12H20N2O2S. The second-order valence-corrected chi connectivity index (χ2v) is 4.65. The zero-order valence-corrected chi connectivity index (χ0v) is 11.4. The van der Waals surface area contributed by atoms with Crippen molar-refractivity contribution >= 4 is 17.9 Å². The number of rotatable bonds is 8. The van der Waals surface area contributed by atoms with Crippen LogP contribution in [0.4, 0.5) is 5.69 Å². The Morgan fingerprint density at radius 3 is 2.53 bits per heavy atom. The Balaban J connectivity index is 2.35. The van der Waals surface area contributed by atoms with E-state index in [0.717, 1.165) is 12.1 Å². The molecule has 0 aromatic heterocycles. The van der Waals surface area contributed by atoms with Gasteiger partial charge in [0.1, 0.15) is 0 Å². The van der Waals surface area contributed by atoms with Gasteiger partial charge in [0, 0.05) is 18.7 Å². The van der Waals surface area contributed by atoms with Gasteiger partial charge in [-0.25, -0.2) is 0 Å². The third kappa shape index (κ3) is 3.59. The minimum Gasteiger partial charge on any atom is -0.379 e. The molecule has 1 rings (SSSR count). The van der Waals surface area contributed by atoms with E-state index in [1.54, 1.807) is 0 Å². The van der Waals surface area contributed by atoms with Gasteiger partial charge in [-0.2, -0.15) is 0 Å². The van der Waals surface area contributed by atoms with Crippen molar-refractivity contribution in [3.05, 3.63) is 20.3 Å². The van der Waals surface area contributed by atoms with Gasteiger partial charge < -0.3 is 15.4 Å². The van der Waals surface area contributed by atoms with Crippen molar-refractivity contribution in [1.82, 2.24) is 5.32 Å². The van der Waals surface area contributed by atoms with E-state index in [4.69, 9.17) is 17.0 Å². The van der Waals surface area contributed by atoms with Crippen LogP contribution in [0.1, 0.15) is 25.3 Å². The Morgan fingerprint density at radius 1 is 1.29 bits per heavy atom. The highest BCUT2D eigenvalue weighted by Gasteiger charge is 2.19. The second kappa shape index (κ2) is 6.83.